The van der Waals surface area contributed by atoms with E-state index in [2.05, 4.69) is 5.32 Å². The zero-order valence-electron chi connectivity index (χ0n) is 22.8. The third kappa shape index (κ3) is 8.47. The Kier molecular flexibility index (Phi) is 9.95. The molecule has 0 aromatic heterocycles. The molecule has 3 aromatic carbocycles. The number of carbonyl (C=O) groups is 2. The first kappa shape index (κ1) is 29.5. The Hall–Kier alpha value is -4.05. The molecule has 9 nitrogen and oxygen atoms in total. The van der Waals surface area contributed by atoms with Crippen molar-refractivity contribution < 1.29 is 27.5 Å². The van der Waals surface area contributed by atoms with E-state index in [-0.39, 0.29) is 18.5 Å². The lowest BCUT2D eigenvalue weighted by Gasteiger charge is -2.32. The third-order valence-corrected chi connectivity index (χ3v) is 7.01. The number of anilines is 1. The standard InChI is InChI=1S/C29H35N3O6S/c1-21(2)30-29(34)22(3)31(19-23-10-9-13-27(18-23)37-4)28(33)20-32(39(5,35)36)24-14-16-26(17-15-24)38-25-11-7-6-8-12-25/h6-18,21-22H,19-20H2,1-5H3,(H,30,34)/t22-/m0/s1. The van der Waals surface area contributed by atoms with Gasteiger partial charge in [0.25, 0.3) is 0 Å². The summed E-state index contributed by atoms with van der Waals surface area (Å²) in [5.41, 5.74) is 1.03. The highest BCUT2D eigenvalue weighted by Gasteiger charge is 2.30. The van der Waals surface area contributed by atoms with Crippen molar-refractivity contribution in [3.05, 3.63) is 84.4 Å². The molecule has 3 rings (SSSR count). The van der Waals surface area contributed by atoms with Crippen LogP contribution in [0.15, 0.2) is 78.9 Å². The maximum Gasteiger partial charge on any atom is 0.244 e. The fourth-order valence-electron chi connectivity index (χ4n) is 3.87. The lowest BCUT2D eigenvalue weighted by molar-refractivity contribution is -0.139. The molecule has 3 aromatic rings. The second-order valence-corrected chi connectivity index (χ2v) is 11.3. The van der Waals surface area contributed by atoms with Gasteiger partial charge in [-0.15, -0.1) is 0 Å². The minimum Gasteiger partial charge on any atom is -0.497 e. The Morgan fingerprint density at radius 3 is 2.08 bits per heavy atom. The molecule has 1 N–H and O–H groups in total. The molecule has 10 heteroatoms. The van der Waals surface area contributed by atoms with Crippen LogP contribution in [0.2, 0.25) is 0 Å². The molecule has 2 amide bonds. The molecule has 0 aliphatic carbocycles. The molecule has 0 unspecified atom stereocenters. The molecule has 0 radical (unpaired) electrons. The summed E-state index contributed by atoms with van der Waals surface area (Å²) in [4.78, 5) is 27.9. The predicted molar refractivity (Wildman–Crippen MR) is 151 cm³/mol. The van der Waals surface area contributed by atoms with Crippen LogP contribution in [-0.2, 0) is 26.2 Å². The van der Waals surface area contributed by atoms with Crippen molar-refractivity contribution in [2.24, 2.45) is 0 Å². The summed E-state index contributed by atoms with van der Waals surface area (Å²) >= 11 is 0. The fraction of sp³-hybridized carbons (Fsp3) is 0.310. The lowest BCUT2D eigenvalue weighted by Crippen LogP contribution is -2.52. The summed E-state index contributed by atoms with van der Waals surface area (Å²) in [7, 11) is -2.30. The van der Waals surface area contributed by atoms with Crippen LogP contribution in [-0.4, -0.2) is 57.1 Å². The van der Waals surface area contributed by atoms with Crippen LogP contribution >= 0.6 is 0 Å². The van der Waals surface area contributed by atoms with E-state index in [1.54, 1.807) is 56.5 Å². The van der Waals surface area contributed by atoms with Crippen LogP contribution in [0.5, 0.6) is 17.2 Å². The number of ether oxygens (including phenoxy) is 2. The van der Waals surface area contributed by atoms with Gasteiger partial charge >= 0.3 is 0 Å². The minimum absolute atomic E-state index is 0.0875. The molecular formula is C29H35N3O6S. The van der Waals surface area contributed by atoms with E-state index in [9.17, 15) is 18.0 Å². The quantitative estimate of drug-likeness (QED) is 0.361. The summed E-state index contributed by atoms with van der Waals surface area (Å²) in [5.74, 6) is 0.897. The van der Waals surface area contributed by atoms with Gasteiger partial charge in [0.1, 0.15) is 29.8 Å². The van der Waals surface area contributed by atoms with Crippen molar-refractivity contribution >= 4 is 27.5 Å². The van der Waals surface area contributed by atoms with Crippen molar-refractivity contribution in [2.75, 3.05) is 24.2 Å². The Labute approximate surface area is 230 Å². The maximum atomic E-state index is 13.7. The Bertz CT molecular complexity index is 1360. The molecular weight excluding hydrogens is 518 g/mol. The summed E-state index contributed by atoms with van der Waals surface area (Å²) in [6.45, 7) is 4.88. The van der Waals surface area contributed by atoms with Crippen molar-refractivity contribution in [3.8, 4) is 17.2 Å². The number of rotatable bonds is 12. The number of nitrogens with one attached hydrogen (secondary N) is 1. The van der Waals surface area contributed by atoms with Crippen molar-refractivity contribution in [3.63, 3.8) is 0 Å². The van der Waals surface area contributed by atoms with Gasteiger partial charge in [-0.05, 0) is 74.9 Å². The van der Waals surface area contributed by atoms with Crippen LogP contribution in [0.25, 0.3) is 0 Å². The van der Waals surface area contributed by atoms with Gasteiger partial charge < -0.3 is 19.7 Å². The number of nitrogens with zero attached hydrogens (tertiary/aromatic N) is 2. The average molecular weight is 554 g/mol. The van der Waals surface area contributed by atoms with E-state index < -0.39 is 28.5 Å². The molecule has 39 heavy (non-hydrogen) atoms. The van der Waals surface area contributed by atoms with Crippen LogP contribution in [0.3, 0.4) is 0 Å². The maximum absolute atomic E-state index is 13.7. The molecule has 0 bridgehead atoms. The first-order valence-corrected chi connectivity index (χ1v) is 14.4. The predicted octanol–water partition coefficient (Wildman–Crippen LogP) is 4.20. The van der Waals surface area contributed by atoms with Gasteiger partial charge in [0.2, 0.25) is 21.8 Å². The zero-order chi connectivity index (χ0) is 28.6. The van der Waals surface area contributed by atoms with Gasteiger partial charge in [-0.25, -0.2) is 8.42 Å². The van der Waals surface area contributed by atoms with E-state index in [1.807, 2.05) is 50.2 Å². The van der Waals surface area contributed by atoms with Gasteiger partial charge in [-0.2, -0.15) is 0 Å². The SMILES string of the molecule is COc1cccc(CN(C(=O)CN(c2ccc(Oc3ccccc3)cc2)S(C)(=O)=O)[C@@H](C)C(=O)NC(C)C)c1. The van der Waals surface area contributed by atoms with E-state index in [0.29, 0.717) is 22.9 Å². The normalized spacial score (nSPS) is 11.9. The molecule has 0 aliphatic rings. The van der Waals surface area contributed by atoms with E-state index in [0.717, 1.165) is 16.1 Å². The number of sulfonamides is 1. The van der Waals surface area contributed by atoms with Crippen LogP contribution < -0.4 is 19.1 Å². The molecule has 0 aliphatic heterocycles. The highest BCUT2D eigenvalue weighted by atomic mass is 32.2. The van der Waals surface area contributed by atoms with Gasteiger partial charge in [0.05, 0.1) is 19.1 Å². The van der Waals surface area contributed by atoms with Crippen molar-refractivity contribution in [2.45, 2.75) is 39.4 Å². The number of carbonyl (C=O) groups excluding carboxylic acids is 2. The number of hydrogen-bond acceptors (Lipinski definition) is 6. The number of para-hydroxylation sites is 1. The summed E-state index contributed by atoms with van der Waals surface area (Å²) < 4.78 is 37.7. The van der Waals surface area contributed by atoms with Crippen molar-refractivity contribution in [1.82, 2.24) is 10.2 Å². The monoisotopic (exact) mass is 553 g/mol. The third-order valence-electron chi connectivity index (χ3n) is 5.87. The van der Waals surface area contributed by atoms with Crippen molar-refractivity contribution in [1.29, 1.82) is 0 Å². The highest BCUT2D eigenvalue weighted by molar-refractivity contribution is 7.92. The highest BCUT2D eigenvalue weighted by Crippen LogP contribution is 2.26. The van der Waals surface area contributed by atoms with Crippen LogP contribution in [0.4, 0.5) is 5.69 Å². The summed E-state index contributed by atoms with van der Waals surface area (Å²) in [6.07, 6.45) is 1.04. The molecule has 0 spiro atoms. The number of hydrogen-bond donors (Lipinski definition) is 1. The largest absolute Gasteiger partial charge is 0.497 e. The number of methoxy groups -OCH3 is 1. The average Bonchev–Trinajstić information content (AvgIpc) is 2.90. The second-order valence-electron chi connectivity index (χ2n) is 9.39. The minimum atomic E-state index is -3.84. The smallest absolute Gasteiger partial charge is 0.244 e. The Morgan fingerprint density at radius 1 is 0.872 bits per heavy atom. The van der Waals surface area contributed by atoms with E-state index >= 15 is 0 Å². The molecule has 0 fully saturated rings. The lowest BCUT2D eigenvalue weighted by atomic mass is 10.1. The topological polar surface area (TPSA) is 105 Å². The Balaban J connectivity index is 1.87. The van der Waals surface area contributed by atoms with Crippen LogP contribution in [0.1, 0.15) is 26.3 Å². The Morgan fingerprint density at radius 2 is 1.49 bits per heavy atom. The van der Waals surface area contributed by atoms with Gasteiger partial charge in [0.15, 0.2) is 0 Å². The first-order chi connectivity index (χ1) is 18.5. The summed E-state index contributed by atoms with van der Waals surface area (Å²) in [6, 6.07) is 21.8. The molecule has 1 atom stereocenters. The molecule has 0 saturated heterocycles. The first-order valence-electron chi connectivity index (χ1n) is 12.5. The number of amides is 2. The molecule has 0 saturated carbocycles. The van der Waals surface area contributed by atoms with Gasteiger partial charge in [0, 0.05) is 12.6 Å². The second kappa shape index (κ2) is 13.1. The van der Waals surface area contributed by atoms with E-state index in [4.69, 9.17) is 9.47 Å². The fourth-order valence-corrected chi connectivity index (χ4v) is 4.72. The van der Waals surface area contributed by atoms with Gasteiger partial charge in [-0.3, -0.25) is 13.9 Å². The number of benzene rings is 3. The molecule has 208 valence electrons. The zero-order valence-corrected chi connectivity index (χ0v) is 23.6. The van der Waals surface area contributed by atoms with Gasteiger partial charge in [-0.1, -0.05) is 30.3 Å². The summed E-state index contributed by atoms with van der Waals surface area (Å²) in [5, 5.41) is 2.82. The van der Waals surface area contributed by atoms with Crippen LogP contribution in [0, 0.1) is 0 Å². The van der Waals surface area contributed by atoms with E-state index in [1.165, 1.54) is 4.90 Å². The molecule has 0 heterocycles.